The van der Waals surface area contributed by atoms with E-state index in [1.165, 1.54) is 0 Å². The minimum absolute atomic E-state index is 0. The molecule has 0 saturated heterocycles. The predicted octanol–water partition coefficient (Wildman–Crippen LogP) is -2.25. The molecule has 0 fully saturated rings. The molecule has 0 N–H and O–H groups in total. The molecule has 0 atom stereocenters. The third-order valence-electron chi connectivity index (χ3n) is 0. The summed E-state index contributed by atoms with van der Waals surface area (Å²) in [6.45, 7) is 0. The molecule has 0 amide bonds. The zero-order valence-electron chi connectivity index (χ0n) is 5.11. The van der Waals surface area contributed by atoms with E-state index in [0.717, 1.165) is 16.0 Å². The molecule has 0 aliphatic rings. The van der Waals surface area contributed by atoms with E-state index in [2.05, 4.69) is 0 Å². The van der Waals surface area contributed by atoms with Gasteiger partial charge in [0.1, 0.15) is 0 Å². The number of nitrogens with zero attached hydrogens (tertiary/aromatic N) is 3. The van der Waals surface area contributed by atoms with Crippen molar-refractivity contribution in [1.29, 1.82) is 0 Å². The zero-order chi connectivity index (χ0) is 8.12. The van der Waals surface area contributed by atoms with Crippen molar-refractivity contribution in [2.75, 3.05) is 0 Å². The monoisotopic (exact) mass is 283 g/mol. The number of rotatable bonds is 0. The van der Waals surface area contributed by atoms with Crippen LogP contribution in [-0.2, 0) is 20.4 Å². The Balaban J connectivity index is -0.0000000150. The molecule has 0 bridgehead atoms. The van der Waals surface area contributed by atoms with Crippen LogP contribution in [0.25, 0.3) is 0 Å². The molecule has 0 aromatic carbocycles. The van der Waals surface area contributed by atoms with E-state index < -0.39 is 0 Å². The molecule has 0 aromatic rings. The molecular formula is KN3O6Pd. The van der Waals surface area contributed by atoms with E-state index >= 15 is 0 Å². The van der Waals surface area contributed by atoms with Crippen LogP contribution in [0.4, 0.5) is 0 Å². The average molecular weight is 284 g/mol. The minimum Gasteiger partial charge on any atom is -0.444 e. The molecule has 9 nitrogen and oxygen atoms in total. The Morgan fingerprint density at radius 2 is 0.727 bits per heavy atom. The van der Waals surface area contributed by atoms with Gasteiger partial charge in [0.05, 0.1) is 0 Å². The first-order chi connectivity index (χ1) is 4.24. The van der Waals surface area contributed by atoms with Crippen LogP contribution in [0.5, 0.6) is 0 Å². The normalized spacial score (nSPS) is 3.27. The molecule has 0 heterocycles. The van der Waals surface area contributed by atoms with Gasteiger partial charge in [-0.15, -0.1) is 16.0 Å². The van der Waals surface area contributed by atoms with Gasteiger partial charge in [0, 0.05) is 0 Å². The molecule has 0 aliphatic carbocycles. The molecule has 0 radical (unpaired) electrons. The van der Waals surface area contributed by atoms with E-state index in [1.54, 1.807) is 0 Å². The minimum atomic E-state index is 0. The van der Waals surface area contributed by atoms with Crippen LogP contribution in [0.15, 0.2) is 16.0 Å². The summed E-state index contributed by atoms with van der Waals surface area (Å²) in [5.41, 5.74) is 0. The summed E-state index contributed by atoms with van der Waals surface area (Å²) in [5.74, 6) is 0. The van der Waals surface area contributed by atoms with Gasteiger partial charge in [0.2, 0.25) is 0 Å². The Kier molecular flexibility index (Phi) is 211. The van der Waals surface area contributed by atoms with Crippen LogP contribution in [0.1, 0.15) is 0 Å². The van der Waals surface area contributed by atoms with Gasteiger partial charge in [-0.3, -0.25) is 0 Å². The van der Waals surface area contributed by atoms with Crippen LogP contribution in [-0.4, -0.2) is 0 Å². The van der Waals surface area contributed by atoms with Crippen molar-refractivity contribution in [3.05, 3.63) is 30.3 Å². The van der Waals surface area contributed by atoms with Gasteiger partial charge in [-0.2, -0.15) is 0 Å². The first kappa shape index (κ1) is 30.0. The summed E-state index contributed by atoms with van der Waals surface area (Å²) in [6.07, 6.45) is 0. The van der Waals surface area contributed by atoms with Gasteiger partial charge in [-0.05, 0) is 0 Å². The standard InChI is InChI=1S/K.3HNO2.Pd/c;3*2-1-3;/h;3*(H,2,3);/q+1;;;;+2/p-3. The molecule has 0 unspecified atom stereocenters. The average Bonchev–Trinajstić information content (AvgIpc) is 1.70. The van der Waals surface area contributed by atoms with Crippen molar-refractivity contribution in [2.24, 2.45) is 16.0 Å². The summed E-state index contributed by atoms with van der Waals surface area (Å²) in [4.78, 5) is 24.0. The van der Waals surface area contributed by atoms with Crippen LogP contribution in [0.3, 0.4) is 0 Å². The molecule has 0 saturated carbocycles. The summed E-state index contributed by atoms with van der Waals surface area (Å²) >= 11 is 0. The molecule has 62 valence electrons. The van der Waals surface area contributed by atoms with Crippen molar-refractivity contribution >= 4 is 0 Å². The first-order valence-electron chi connectivity index (χ1n) is 1.10. The molecule has 11 heteroatoms. The van der Waals surface area contributed by atoms with Crippen molar-refractivity contribution < 1.29 is 71.8 Å². The Hall–Kier alpha value is 0.499. The second-order valence-electron chi connectivity index (χ2n) is 0.224. The van der Waals surface area contributed by atoms with E-state index in [-0.39, 0.29) is 71.8 Å². The molecular weight excluding hydrogens is 284 g/mol. The van der Waals surface area contributed by atoms with Crippen LogP contribution >= 0.6 is 0 Å². The molecule has 0 spiro atoms. The molecule has 0 aromatic heterocycles. The quantitative estimate of drug-likeness (QED) is 0.277. The van der Waals surface area contributed by atoms with E-state index in [4.69, 9.17) is 30.3 Å². The van der Waals surface area contributed by atoms with E-state index in [1.807, 2.05) is 0 Å². The third-order valence-corrected chi connectivity index (χ3v) is 0. The van der Waals surface area contributed by atoms with Crippen molar-refractivity contribution in [3.8, 4) is 0 Å². The maximum Gasteiger partial charge on any atom is 2.00 e. The fourth-order valence-corrected chi connectivity index (χ4v) is 0. The molecule has 0 rings (SSSR count). The van der Waals surface area contributed by atoms with Gasteiger partial charge >= 0.3 is 71.8 Å². The van der Waals surface area contributed by atoms with Gasteiger partial charge in [0.15, 0.2) is 0 Å². The second-order valence-corrected chi connectivity index (χ2v) is 0.224. The van der Waals surface area contributed by atoms with Gasteiger partial charge in [-0.1, -0.05) is 0 Å². The SMILES string of the molecule is O=N[O-].O=N[O-].O=N[O-].[K+].[Pd+2]. The smallest absolute Gasteiger partial charge is 0.444 e. The molecule has 0 aliphatic heterocycles. The van der Waals surface area contributed by atoms with Gasteiger partial charge in [-0.25, -0.2) is 0 Å². The number of hydrogen-bond acceptors (Lipinski definition) is 9. The Labute approximate surface area is 116 Å². The fourth-order valence-electron chi connectivity index (χ4n) is 0. The van der Waals surface area contributed by atoms with Crippen molar-refractivity contribution in [2.45, 2.75) is 0 Å². The first-order valence-corrected chi connectivity index (χ1v) is 1.10. The van der Waals surface area contributed by atoms with E-state index in [0.29, 0.717) is 0 Å². The third kappa shape index (κ3) is 3050. The van der Waals surface area contributed by atoms with Crippen molar-refractivity contribution in [1.82, 2.24) is 0 Å². The van der Waals surface area contributed by atoms with Crippen molar-refractivity contribution in [3.63, 3.8) is 0 Å². The van der Waals surface area contributed by atoms with Crippen LogP contribution < -0.4 is 51.4 Å². The topological polar surface area (TPSA) is 157 Å². The van der Waals surface area contributed by atoms with Crippen LogP contribution in [0.2, 0.25) is 0 Å². The molecule has 11 heavy (non-hydrogen) atoms. The number of hydrogen-bond donors (Lipinski definition) is 0. The summed E-state index contributed by atoms with van der Waals surface area (Å²) in [6, 6.07) is 0. The maximum absolute atomic E-state index is 8.00. The second kappa shape index (κ2) is 77.4. The Morgan fingerprint density at radius 3 is 0.727 bits per heavy atom. The Morgan fingerprint density at radius 1 is 0.727 bits per heavy atom. The largest absolute Gasteiger partial charge is 2.00 e. The summed E-state index contributed by atoms with van der Waals surface area (Å²) in [7, 11) is 0. The van der Waals surface area contributed by atoms with Crippen LogP contribution in [0, 0.1) is 30.3 Å². The van der Waals surface area contributed by atoms with Gasteiger partial charge < -0.3 is 30.3 Å². The Bertz CT molecular complexity index is 54.6. The van der Waals surface area contributed by atoms with Gasteiger partial charge in [0.25, 0.3) is 0 Å². The fraction of sp³-hybridized carbons (Fsp3) is 0. The zero-order valence-corrected chi connectivity index (χ0v) is 9.79. The summed E-state index contributed by atoms with van der Waals surface area (Å²) < 4.78 is 0. The predicted molar refractivity (Wildman–Crippen MR) is 27.5 cm³/mol. The maximum atomic E-state index is 8.00. The van der Waals surface area contributed by atoms with E-state index in [9.17, 15) is 0 Å². The summed E-state index contributed by atoms with van der Waals surface area (Å²) in [5, 5.41) is 27.0.